The minimum absolute atomic E-state index is 0.211. The van der Waals surface area contributed by atoms with Gasteiger partial charge >= 0.3 is 12.2 Å². The Bertz CT molecular complexity index is 194. The molecule has 0 spiro atoms. The number of aliphatic hydroxyl groups is 1. The van der Waals surface area contributed by atoms with Gasteiger partial charge in [-0.25, -0.2) is 0 Å². The summed E-state index contributed by atoms with van der Waals surface area (Å²) in [4.78, 5) is 0. The van der Waals surface area contributed by atoms with Gasteiger partial charge in [0.1, 0.15) is 0 Å². The Balaban J connectivity index is 3.46. The van der Waals surface area contributed by atoms with E-state index in [4.69, 9.17) is 9.84 Å². The molecule has 0 aromatic heterocycles. The van der Waals surface area contributed by atoms with Crippen LogP contribution in [-0.2, 0) is 9.47 Å². The van der Waals surface area contributed by atoms with Gasteiger partial charge in [-0.2, -0.15) is 17.6 Å². The lowest BCUT2D eigenvalue weighted by atomic mass is 10.2. The Morgan fingerprint density at radius 1 is 0.941 bits per heavy atom. The first kappa shape index (κ1) is 16.6. The van der Waals surface area contributed by atoms with Crippen molar-refractivity contribution < 1.29 is 32.1 Å². The highest BCUT2D eigenvalue weighted by Gasteiger charge is 2.57. The number of ether oxygens (including phenoxy) is 2. The molecule has 17 heavy (non-hydrogen) atoms. The lowest BCUT2D eigenvalue weighted by Gasteiger charge is -2.20. The molecule has 0 saturated carbocycles. The largest absolute Gasteiger partial charge is 0.448 e. The van der Waals surface area contributed by atoms with Crippen molar-refractivity contribution in [1.29, 1.82) is 0 Å². The second-order valence-corrected chi connectivity index (χ2v) is 3.58. The summed E-state index contributed by atoms with van der Waals surface area (Å²) in [6.07, 6.45) is -6.15. The summed E-state index contributed by atoms with van der Waals surface area (Å²) in [5.41, 5.74) is 0. The van der Waals surface area contributed by atoms with Crippen molar-refractivity contribution >= 4 is 0 Å². The molecule has 0 atom stereocenters. The monoisotopic (exact) mass is 262 g/mol. The van der Waals surface area contributed by atoms with E-state index in [1.807, 2.05) is 6.92 Å². The van der Waals surface area contributed by atoms with E-state index in [-0.39, 0.29) is 6.61 Å². The molecule has 0 aromatic rings. The maximum absolute atomic E-state index is 12.3. The summed E-state index contributed by atoms with van der Waals surface area (Å²) in [5, 5.41) is 7.80. The molecule has 0 saturated heterocycles. The average molecular weight is 262 g/mol. The highest BCUT2D eigenvalue weighted by molar-refractivity contribution is 4.62. The summed E-state index contributed by atoms with van der Waals surface area (Å²) in [6.45, 7) is 1.52. The minimum atomic E-state index is -5.17. The molecule has 0 bridgehead atoms. The Hall–Kier alpha value is -0.400. The maximum atomic E-state index is 12.3. The summed E-state index contributed by atoms with van der Waals surface area (Å²) in [7, 11) is 0. The Kier molecular flexibility index (Phi) is 7.65. The van der Waals surface area contributed by atoms with Gasteiger partial charge in [0.05, 0.1) is 13.2 Å². The van der Waals surface area contributed by atoms with Gasteiger partial charge in [0.15, 0.2) is 0 Å². The van der Waals surface area contributed by atoms with Crippen LogP contribution in [0.5, 0.6) is 0 Å². The van der Waals surface area contributed by atoms with Crippen molar-refractivity contribution in [3.63, 3.8) is 0 Å². The second-order valence-electron chi connectivity index (χ2n) is 3.58. The molecule has 3 nitrogen and oxygen atoms in total. The van der Waals surface area contributed by atoms with E-state index in [9.17, 15) is 17.6 Å². The van der Waals surface area contributed by atoms with E-state index < -0.39 is 18.8 Å². The van der Waals surface area contributed by atoms with Crippen LogP contribution >= 0.6 is 0 Å². The van der Waals surface area contributed by atoms with Gasteiger partial charge in [-0.1, -0.05) is 26.2 Å². The number of rotatable bonds is 10. The zero-order chi connectivity index (χ0) is 13.4. The molecule has 104 valence electrons. The molecule has 0 fully saturated rings. The van der Waals surface area contributed by atoms with Crippen molar-refractivity contribution in [2.75, 3.05) is 19.8 Å². The number of alkyl halides is 4. The van der Waals surface area contributed by atoms with Crippen LogP contribution in [0.1, 0.15) is 32.6 Å². The Morgan fingerprint density at radius 2 is 1.59 bits per heavy atom. The SMILES string of the molecule is CCCCCCOCCOC(F)(F)C(O)(F)F. The smallest absolute Gasteiger partial charge is 0.379 e. The van der Waals surface area contributed by atoms with Crippen LogP contribution in [0.4, 0.5) is 17.6 Å². The summed E-state index contributed by atoms with van der Waals surface area (Å²) < 4.78 is 56.8. The summed E-state index contributed by atoms with van der Waals surface area (Å²) in [5.74, 6) is 0. The molecule has 0 radical (unpaired) electrons. The van der Waals surface area contributed by atoms with Crippen LogP contribution in [0.15, 0.2) is 0 Å². The first-order chi connectivity index (χ1) is 7.81. The zero-order valence-electron chi connectivity index (χ0n) is 9.73. The van der Waals surface area contributed by atoms with Crippen molar-refractivity contribution in [3.8, 4) is 0 Å². The van der Waals surface area contributed by atoms with Crippen LogP contribution in [-0.4, -0.2) is 37.1 Å². The lowest BCUT2D eigenvalue weighted by Crippen LogP contribution is -2.43. The molecule has 0 amide bonds. The molecule has 0 heterocycles. The van der Waals surface area contributed by atoms with Gasteiger partial charge in [-0.3, -0.25) is 0 Å². The van der Waals surface area contributed by atoms with Gasteiger partial charge in [-0.05, 0) is 6.42 Å². The van der Waals surface area contributed by atoms with Crippen molar-refractivity contribution in [2.24, 2.45) is 0 Å². The topological polar surface area (TPSA) is 38.7 Å². The van der Waals surface area contributed by atoms with Crippen molar-refractivity contribution in [2.45, 2.75) is 44.8 Å². The molecule has 0 aliphatic heterocycles. The van der Waals surface area contributed by atoms with E-state index in [1.54, 1.807) is 0 Å². The third kappa shape index (κ3) is 7.51. The van der Waals surface area contributed by atoms with Gasteiger partial charge in [0.25, 0.3) is 0 Å². The van der Waals surface area contributed by atoms with E-state index >= 15 is 0 Å². The highest BCUT2D eigenvalue weighted by Crippen LogP contribution is 2.32. The normalized spacial score (nSPS) is 13.1. The molecule has 0 aromatic carbocycles. The van der Waals surface area contributed by atoms with Crippen LogP contribution in [0.25, 0.3) is 0 Å². The van der Waals surface area contributed by atoms with E-state index in [0.717, 1.165) is 25.7 Å². The van der Waals surface area contributed by atoms with E-state index in [0.29, 0.717) is 6.61 Å². The third-order valence-corrected chi connectivity index (χ3v) is 2.00. The maximum Gasteiger partial charge on any atom is 0.448 e. The molecule has 0 rings (SSSR count). The van der Waals surface area contributed by atoms with Crippen LogP contribution in [0, 0.1) is 0 Å². The fourth-order valence-corrected chi connectivity index (χ4v) is 1.05. The average Bonchev–Trinajstić information content (AvgIpc) is 2.20. The Morgan fingerprint density at radius 3 is 2.12 bits per heavy atom. The quantitative estimate of drug-likeness (QED) is 0.486. The molecule has 1 N–H and O–H groups in total. The van der Waals surface area contributed by atoms with E-state index in [1.165, 1.54) is 0 Å². The molecular weight excluding hydrogens is 244 g/mol. The first-order valence-electron chi connectivity index (χ1n) is 5.51. The summed E-state index contributed by atoms with van der Waals surface area (Å²) >= 11 is 0. The number of hydrogen-bond acceptors (Lipinski definition) is 3. The molecule has 0 aliphatic rings. The fourth-order valence-electron chi connectivity index (χ4n) is 1.05. The van der Waals surface area contributed by atoms with Gasteiger partial charge in [0, 0.05) is 6.61 Å². The molecule has 0 aliphatic carbocycles. The van der Waals surface area contributed by atoms with Gasteiger partial charge in [0.2, 0.25) is 0 Å². The second kappa shape index (κ2) is 7.84. The van der Waals surface area contributed by atoms with Crippen molar-refractivity contribution in [1.82, 2.24) is 0 Å². The number of hydrogen-bond donors (Lipinski definition) is 1. The number of unbranched alkanes of at least 4 members (excludes halogenated alkanes) is 3. The predicted octanol–water partition coefficient (Wildman–Crippen LogP) is 2.78. The van der Waals surface area contributed by atoms with Gasteiger partial charge < -0.3 is 14.6 Å². The standard InChI is InChI=1S/C10H18F4O3/c1-2-3-4-5-6-16-7-8-17-10(13,14)9(11,12)15/h15H,2-8H2,1H3. The number of halogens is 4. The first-order valence-corrected chi connectivity index (χ1v) is 5.51. The van der Waals surface area contributed by atoms with Crippen molar-refractivity contribution in [3.05, 3.63) is 0 Å². The van der Waals surface area contributed by atoms with Crippen LogP contribution in [0.2, 0.25) is 0 Å². The van der Waals surface area contributed by atoms with Crippen LogP contribution < -0.4 is 0 Å². The summed E-state index contributed by atoms with van der Waals surface area (Å²) in [6, 6.07) is 0. The van der Waals surface area contributed by atoms with Crippen LogP contribution in [0.3, 0.4) is 0 Å². The zero-order valence-corrected chi connectivity index (χ0v) is 9.73. The molecule has 7 heteroatoms. The predicted molar refractivity (Wildman–Crippen MR) is 53.0 cm³/mol. The van der Waals surface area contributed by atoms with Gasteiger partial charge in [-0.15, -0.1) is 0 Å². The minimum Gasteiger partial charge on any atom is -0.379 e. The Labute approximate surface area is 97.7 Å². The van der Waals surface area contributed by atoms with E-state index in [2.05, 4.69) is 4.74 Å². The molecular formula is C10H18F4O3. The fraction of sp³-hybridized carbons (Fsp3) is 1.00. The molecule has 0 unspecified atom stereocenters. The lowest BCUT2D eigenvalue weighted by molar-refractivity contribution is -0.419. The third-order valence-electron chi connectivity index (χ3n) is 2.00. The highest BCUT2D eigenvalue weighted by atomic mass is 19.3.